The molecule has 0 aliphatic carbocycles. The number of carboxylic acids is 1. The summed E-state index contributed by atoms with van der Waals surface area (Å²) in [4.78, 5) is 13.0. The molecule has 0 aromatic heterocycles. The van der Waals surface area contributed by atoms with E-state index in [0.29, 0.717) is 99.0 Å². The second-order valence-corrected chi connectivity index (χ2v) is 5.68. The maximum absolute atomic E-state index is 10.1. The number of hydrogen-bond acceptors (Lipinski definition) is 12. The summed E-state index contributed by atoms with van der Waals surface area (Å²) in [5.74, 6) is -1.25. The summed E-state index contributed by atoms with van der Waals surface area (Å²) in [6.45, 7) is 6.48. The molecule has 0 aliphatic heterocycles. The normalized spacial score (nSPS) is 10.8. The molecule has 0 bridgehead atoms. The molecular weight excluding hydrogens is 418 g/mol. The summed E-state index contributed by atoms with van der Waals surface area (Å²) >= 11 is 0. The Morgan fingerprint density at radius 1 is 0.581 bits per heavy atom. The predicted molar refractivity (Wildman–Crippen MR) is 104 cm³/mol. The molecule has 0 aliphatic rings. The van der Waals surface area contributed by atoms with Crippen LogP contribution in [-0.2, 0) is 42.7 Å². The molecule has 0 radical (unpaired) electrons. The Hall–Kier alpha value is -1.54. The molecule has 0 aromatic carbocycles. The molecule has 0 heterocycles. The van der Waals surface area contributed by atoms with Gasteiger partial charge in [-0.1, -0.05) is 0 Å². The van der Waals surface area contributed by atoms with Gasteiger partial charge in [-0.15, -0.1) is 0 Å². The van der Waals surface area contributed by atoms with Gasteiger partial charge in [0.1, 0.15) is 17.2 Å². The standard InChI is InChI=1S/C18H35N3O10/c19-21-20-1-2-24-3-4-25-5-6-26-7-8-27-9-10-28-11-12-29-13-14-30-15-16-31-17-18(22)23/h19H,1-17H2. The van der Waals surface area contributed by atoms with Gasteiger partial charge in [-0.25, -0.2) is 0 Å². The fourth-order valence-electron chi connectivity index (χ4n) is 1.85. The second-order valence-electron chi connectivity index (χ2n) is 5.68. The van der Waals surface area contributed by atoms with E-state index in [1.165, 1.54) is 0 Å². The number of nitrogens with zero attached hydrogens (tertiary/aromatic N) is 2. The Balaban J connectivity index is 3.02. The number of carbonyl (C=O) groups is 1. The zero-order valence-corrected chi connectivity index (χ0v) is 18.0. The maximum Gasteiger partial charge on any atom is 0.214 e. The molecule has 1 N–H and O–H groups in total. The Kier molecular flexibility index (Phi) is 25.2. The van der Waals surface area contributed by atoms with Crippen LogP contribution in [0.1, 0.15) is 0 Å². The molecule has 0 saturated heterocycles. The van der Waals surface area contributed by atoms with Crippen molar-refractivity contribution in [3.63, 3.8) is 0 Å². The summed E-state index contributed by atoms with van der Waals surface area (Å²) in [6, 6.07) is 0. The highest BCUT2D eigenvalue weighted by atomic mass is 16.6. The van der Waals surface area contributed by atoms with Crippen LogP contribution in [-0.4, -0.2) is 118 Å². The lowest BCUT2D eigenvalue weighted by Crippen LogP contribution is -2.28. The molecule has 0 fully saturated rings. The summed E-state index contributed by atoms with van der Waals surface area (Å²) < 4.78 is 41.9. The van der Waals surface area contributed by atoms with Crippen LogP contribution in [0.4, 0.5) is 0 Å². The van der Waals surface area contributed by atoms with E-state index >= 15 is 0 Å². The van der Waals surface area contributed by atoms with E-state index in [9.17, 15) is 9.90 Å². The van der Waals surface area contributed by atoms with Gasteiger partial charge < -0.3 is 47.8 Å². The molecule has 0 spiro atoms. The van der Waals surface area contributed by atoms with E-state index in [1.807, 2.05) is 0 Å². The Bertz CT molecular complexity index is 415. The van der Waals surface area contributed by atoms with E-state index in [4.69, 9.17) is 43.4 Å². The number of hydrogen-bond donors (Lipinski definition) is 1. The van der Waals surface area contributed by atoms with E-state index in [2.05, 4.69) is 10.0 Å². The fraction of sp³-hybridized carbons (Fsp3) is 0.944. The van der Waals surface area contributed by atoms with Gasteiger partial charge in [-0.3, -0.25) is 0 Å². The molecule has 0 saturated carbocycles. The Morgan fingerprint density at radius 2 is 0.871 bits per heavy atom. The van der Waals surface area contributed by atoms with Crippen molar-refractivity contribution in [1.82, 2.24) is 4.91 Å². The Labute approximate surface area is 182 Å². The molecule has 13 nitrogen and oxygen atoms in total. The third kappa shape index (κ3) is 28.5. The van der Waals surface area contributed by atoms with E-state index in [1.54, 1.807) is 0 Å². The number of nitrogens with one attached hydrogen (secondary N) is 1. The van der Waals surface area contributed by atoms with E-state index < -0.39 is 12.6 Å². The minimum Gasteiger partial charge on any atom is -0.548 e. The molecule has 0 aromatic rings. The van der Waals surface area contributed by atoms with Crippen molar-refractivity contribution >= 4 is 5.97 Å². The SMILES string of the molecule is N=[N+]=NCCOCCOCCOCCOCCOCCOCCOCCOCC(=O)[O-]. The lowest BCUT2D eigenvalue weighted by Gasteiger charge is -2.08. The quantitative estimate of drug-likeness (QED) is 0.0918. The third-order valence-electron chi connectivity index (χ3n) is 3.23. The molecular formula is C18H35N3O10. The number of carbonyl (C=O) groups excluding carboxylic acids is 1. The number of rotatable bonds is 26. The van der Waals surface area contributed by atoms with Gasteiger partial charge in [-0.05, 0) is 0 Å². The van der Waals surface area contributed by atoms with Crippen molar-refractivity contribution < 1.29 is 47.8 Å². The van der Waals surface area contributed by atoms with Crippen molar-refractivity contribution in [2.75, 3.05) is 112 Å². The van der Waals surface area contributed by atoms with E-state index in [0.717, 1.165) is 0 Å². The summed E-state index contributed by atoms with van der Waals surface area (Å²) in [7, 11) is 0. The van der Waals surface area contributed by atoms with Crippen LogP contribution >= 0.6 is 0 Å². The predicted octanol–water partition coefficient (Wildman–Crippen LogP) is -1.58. The van der Waals surface area contributed by atoms with E-state index in [-0.39, 0.29) is 6.61 Å². The van der Waals surface area contributed by atoms with Gasteiger partial charge in [0.2, 0.25) is 4.91 Å². The van der Waals surface area contributed by atoms with Crippen molar-refractivity contribution in [2.24, 2.45) is 5.11 Å². The van der Waals surface area contributed by atoms with Crippen molar-refractivity contribution in [2.45, 2.75) is 0 Å². The minimum absolute atomic E-state index is 0.203. The maximum atomic E-state index is 10.1. The highest BCUT2D eigenvalue weighted by Crippen LogP contribution is 1.85. The monoisotopic (exact) mass is 453 g/mol. The zero-order valence-electron chi connectivity index (χ0n) is 18.0. The van der Waals surface area contributed by atoms with Crippen molar-refractivity contribution in [3.05, 3.63) is 0 Å². The fourth-order valence-corrected chi connectivity index (χ4v) is 1.85. The molecule has 31 heavy (non-hydrogen) atoms. The minimum atomic E-state index is -1.25. The van der Waals surface area contributed by atoms with Gasteiger partial charge in [-0.2, -0.15) is 0 Å². The van der Waals surface area contributed by atoms with Gasteiger partial charge in [0.05, 0.1) is 112 Å². The van der Waals surface area contributed by atoms with Crippen LogP contribution in [0.5, 0.6) is 0 Å². The molecule has 0 atom stereocenters. The molecule has 13 heteroatoms. The summed E-state index contributed by atoms with van der Waals surface area (Å²) in [5, 5.41) is 13.6. The third-order valence-corrected chi connectivity index (χ3v) is 3.23. The highest BCUT2D eigenvalue weighted by Gasteiger charge is 1.95. The first-order valence-electron chi connectivity index (χ1n) is 10.1. The smallest absolute Gasteiger partial charge is 0.214 e. The molecule has 182 valence electrons. The van der Waals surface area contributed by atoms with Gasteiger partial charge in [0.15, 0.2) is 0 Å². The first kappa shape index (κ1) is 29.5. The van der Waals surface area contributed by atoms with Gasteiger partial charge in [0, 0.05) is 0 Å². The van der Waals surface area contributed by atoms with Gasteiger partial charge >= 0.3 is 0 Å². The zero-order chi connectivity index (χ0) is 22.7. The second kappa shape index (κ2) is 26.5. The van der Waals surface area contributed by atoms with Crippen LogP contribution in [0.2, 0.25) is 0 Å². The average Bonchev–Trinajstić information content (AvgIpc) is 2.76. The van der Waals surface area contributed by atoms with Gasteiger partial charge in [0.25, 0.3) is 0 Å². The average molecular weight is 453 g/mol. The highest BCUT2D eigenvalue weighted by molar-refractivity contribution is 5.65. The molecule has 0 unspecified atom stereocenters. The first-order chi connectivity index (χ1) is 15.3. The number of ether oxygens (including phenoxy) is 8. The molecule has 0 amide bonds. The largest absolute Gasteiger partial charge is 0.548 e. The van der Waals surface area contributed by atoms with Crippen molar-refractivity contribution in [1.29, 1.82) is 5.53 Å². The van der Waals surface area contributed by atoms with Crippen LogP contribution in [0.15, 0.2) is 5.11 Å². The van der Waals surface area contributed by atoms with Crippen LogP contribution < -0.4 is 10.0 Å². The number of carboxylic acid groups (broad SMARTS) is 1. The lowest BCUT2D eigenvalue weighted by atomic mass is 10.6. The summed E-state index contributed by atoms with van der Waals surface area (Å²) in [6.07, 6.45) is 0. The summed E-state index contributed by atoms with van der Waals surface area (Å²) in [5.41, 5.74) is 6.47. The van der Waals surface area contributed by atoms with Crippen LogP contribution in [0, 0.1) is 5.53 Å². The molecule has 0 rings (SSSR count). The first-order valence-corrected chi connectivity index (χ1v) is 10.1. The van der Waals surface area contributed by atoms with Crippen molar-refractivity contribution in [3.8, 4) is 0 Å². The van der Waals surface area contributed by atoms with Crippen LogP contribution in [0.3, 0.4) is 0 Å². The number of aliphatic carboxylic acids is 1. The Morgan fingerprint density at radius 3 is 1.16 bits per heavy atom. The topological polar surface area (TPSA) is 164 Å². The lowest BCUT2D eigenvalue weighted by molar-refractivity contribution is -0.309. The van der Waals surface area contributed by atoms with Crippen LogP contribution in [0.25, 0.3) is 0 Å².